The molecule has 2 rings (SSSR count). The highest BCUT2D eigenvalue weighted by Gasteiger charge is 2.38. The summed E-state index contributed by atoms with van der Waals surface area (Å²) in [5, 5.41) is 0. The third-order valence-electron chi connectivity index (χ3n) is 7.44. The molecule has 0 saturated carbocycles. The number of allylic oxidation sites excluding steroid dienone is 2. The molecular formula is C25H44O4. The molecule has 0 radical (unpaired) electrons. The summed E-state index contributed by atoms with van der Waals surface area (Å²) in [6.45, 7) is 13.6. The van der Waals surface area contributed by atoms with Gasteiger partial charge in [-0.3, -0.25) is 4.79 Å². The predicted molar refractivity (Wildman–Crippen MR) is 117 cm³/mol. The van der Waals surface area contributed by atoms with Crippen LogP contribution >= 0.6 is 0 Å². The molecule has 1 aliphatic heterocycles. The first-order chi connectivity index (χ1) is 13.6. The van der Waals surface area contributed by atoms with Gasteiger partial charge in [-0.1, -0.05) is 44.8 Å². The highest BCUT2D eigenvalue weighted by atomic mass is 17.2. The fraction of sp³-hybridized carbons (Fsp3) is 0.880. The van der Waals surface area contributed by atoms with Gasteiger partial charge in [0.25, 0.3) is 0 Å². The highest BCUT2D eigenvalue weighted by molar-refractivity contribution is 5.72. The van der Waals surface area contributed by atoms with Crippen LogP contribution in [0.2, 0.25) is 0 Å². The molecule has 1 aliphatic carbocycles. The van der Waals surface area contributed by atoms with Gasteiger partial charge in [-0.15, -0.1) is 0 Å². The molecule has 0 bridgehead atoms. The summed E-state index contributed by atoms with van der Waals surface area (Å²) in [7, 11) is 1.42. The number of carbonyl (C=O) groups is 1. The Bertz CT molecular complexity index is 569. The lowest BCUT2D eigenvalue weighted by atomic mass is 9.70. The summed E-state index contributed by atoms with van der Waals surface area (Å²) in [6.07, 6.45) is 11.4. The van der Waals surface area contributed by atoms with Crippen molar-refractivity contribution in [1.29, 1.82) is 0 Å². The summed E-state index contributed by atoms with van der Waals surface area (Å²) in [5.41, 5.74) is 3.51. The van der Waals surface area contributed by atoms with E-state index in [4.69, 9.17) is 14.5 Å². The second-order valence-electron chi connectivity index (χ2n) is 10.6. The van der Waals surface area contributed by atoms with Crippen molar-refractivity contribution in [3.8, 4) is 0 Å². The topological polar surface area (TPSA) is 44.8 Å². The Balaban J connectivity index is 1.71. The molecule has 0 spiro atoms. The van der Waals surface area contributed by atoms with Gasteiger partial charge >= 0.3 is 5.97 Å². The Kier molecular flexibility index (Phi) is 8.78. The summed E-state index contributed by atoms with van der Waals surface area (Å²) >= 11 is 0. The molecule has 0 N–H and O–H groups in total. The van der Waals surface area contributed by atoms with Crippen molar-refractivity contribution in [2.24, 2.45) is 17.3 Å². The van der Waals surface area contributed by atoms with E-state index in [1.54, 1.807) is 11.1 Å². The molecule has 0 aromatic heterocycles. The molecule has 4 nitrogen and oxygen atoms in total. The number of ether oxygens (including phenoxy) is 1. The van der Waals surface area contributed by atoms with Gasteiger partial charge in [-0.25, -0.2) is 9.78 Å². The zero-order valence-electron chi connectivity index (χ0n) is 19.9. The first-order valence-electron chi connectivity index (χ1n) is 11.7. The molecule has 4 unspecified atom stereocenters. The minimum atomic E-state index is -0.286. The largest absolute Gasteiger partial charge is 0.469 e. The Labute approximate surface area is 178 Å². The Morgan fingerprint density at radius 1 is 1.21 bits per heavy atom. The maximum absolute atomic E-state index is 11.7. The molecule has 29 heavy (non-hydrogen) atoms. The van der Waals surface area contributed by atoms with Crippen molar-refractivity contribution < 1.29 is 19.3 Å². The molecule has 1 heterocycles. The maximum Gasteiger partial charge on any atom is 0.311 e. The van der Waals surface area contributed by atoms with Crippen LogP contribution in [0.15, 0.2) is 11.1 Å². The smallest absolute Gasteiger partial charge is 0.311 e. The van der Waals surface area contributed by atoms with Gasteiger partial charge in [0, 0.05) is 0 Å². The average molecular weight is 409 g/mol. The zero-order valence-corrected chi connectivity index (χ0v) is 19.9. The van der Waals surface area contributed by atoms with E-state index in [0.29, 0.717) is 5.41 Å². The second-order valence-corrected chi connectivity index (χ2v) is 10.6. The van der Waals surface area contributed by atoms with E-state index in [1.807, 2.05) is 6.92 Å². The van der Waals surface area contributed by atoms with Crippen LogP contribution in [-0.2, 0) is 19.3 Å². The fourth-order valence-electron chi connectivity index (χ4n) is 5.14. The first kappa shape index (κ1) is 24.4. The second kappa shape index (κ2) is 10.4. The lowest BCUT2D eigenvalue weighted by molar-refractivity contribution is -0.411. The van der Waals surface area contributed by atoms with E-state index < -0.39 is 0 Å². The standard InChI is InChI=1S/C25H44O4/c1-18(12-13-21-19(2)11-9-15-24(21,4)5)10-8-16-25(6)17-14-22(28-29-25)20(3)23(26)27-7/h18,20,22H,8-17H2,1-7H3. The monoisotopic (exact) mass is 408 g/mol. The maximum atomic E-state index is 11.7. The number of methoxy groups -OCH3 is 1. The lowest BCUT2D eigenvalue weighted by Crippen LogP contribution is -2.41. The molecule has 168 valence electrons. The molecule has 4 atom stereocenters. The molecule has 0 aromatic carbocycles. The van der Waals surface area contributed by atoms with E-state index in [-0.39, 0.29) is 23.6 Å². The molecule has 1 fully saturated rings. The van der Waals surface area contributed by atoms with E-state index >= 15 is 0 Å². The summed E-state index contributed by atoms with van der Waals surface area (Å²) in [6, 6.07) is 0. The first-order valence-corrected chi connectivity index (χ1v) is 11.7. The van der Waals surface area contributed by atoms with Crippen molar-refractivity contribution in [2.75, 3.05) is 7.11 Å². The molecular weight excluding hydrogens is 364 g/mol. The van der Waals surface area contributed by atoms with Gasteiger partial charge in [0.1, 0.15) is 11.7 Å². The van der Waals surface area contributed by atoms with Crippen molar-refractivity contribution in [3.63, 3.8) is 0 Å². The van der Waals surface area contributed by atoms with Gasteiger partial charge in [-0.05, 0) is 83.5 Å². The average Bonchev–Trinajstić information content (AvgIpc) is 2.66. The third-order valence-corrected chi connectivity index (χ3v) is 7.44. The summed E-state index contributed by atoms with van der Waals surface area (Å²) in [4.78, 5) is 23.0. The third kappa shape index (κ3) is 6.82. The Hall–Kier alpha value is -0.870. The minimum Gasteiger partial charge on any atom is -0.469 e. The van der Waals surface area contributed by atoms with E-state index in [9.17, 15) is 4.79 Å². The van der Waals surface area contributed by atoms with E-state index in [0.717, 1.165) is 31.6 Å². The normalized spacial score (nSPS) is 29.4. The van der Waals surface area contributed by atoms with Crippen LogP contribution in [-0.4, -0.2) is 24.8 Å². The van der Waals surface area contributed by atoms with Gasteiger partial charge < -0.3 is 4.74 Å². The summed E-state index contributed by atoms with van der Waals surface area (Å²) < 4.78 is 4.82. The summed E-state index contributed by atoms with van der Waals surface area (Å²) in [5.74, 6) is 0.210. The van der Waals surface area contributed by atoms with Crippen molar-refractivity contribution in [2.45, 2.75) is 117 Å². The van der Waals surface area contributed by atoms with Crippen LogP contribution < -0.4 is 0 Å². The molecule has 4 heteroatoms. The quantitative estimate of drug-likeness (QED) is 0.240. The molecule has 2 aliphatic rings. The SMILES string of the molecule is COC(=O)C(C)C1CCC(C)(CCCC(C)CCC2=C(C)CCCC2(C)C)OO1. The Morgan fingerprint density at radius 2 is 1.93 bits per heavy atom. The highest BCUT2D eigenvalue weighted by Crippen LogP contribution is 2.43. The van der Waals surface area contributed by atoms with Crippen LogP contribution in [0.5, 0.6) is 0 Å². The predicted octanol–water partition coefficient (Wildman–Crippen LogP) is 6.78. The number of hydrogen-bond donors (Lipinski definition) is 0. The number of hydrogen-bond acceptors (Lipinski definition) is 4. The van der Waals surface area contributed by atoms with Crippen LogP contribution in [0.25, 0.3) is 0 Å². The van der Waals surface area contributed by atoms with E-state index in [2.05, 4.69) is 34.6 Å². The van der Waals surface area contributed by atoms with Crippen molar-refractivity contribution in [1.82, 2.24) is 0 Å². The van der Waals surface area contributed by atoms with Crippen LogP contribution in [0.4, 0.5) is 0 Å². The van der Waals surface area contributed by atoms with Crippen LogP contribution in [0.1, 0.15) is 106 Å². The van der Waals surface area contributed by atoms with Gasteiger partial charge in [-0.2, -0.15) is 0 Å². The van der Waals surface area contributed by atoms with Crippen LogP contribution in [0.3, 0.4) is 0 Å². The van der Waals surface area contributed by atoms with Crippen molar-refractivity contribution in [3.05, 3.63) is 11.1 Å². The molecule has 1 saturated heterocycles. The molecule has 0 amide bonds. The lowest BCUT2D eigenvalue weighted by Gasteiger charge is -2.37. The Morgan fingerprint density at radius 3 is 2.52 bits per heavy atom. The van der Waals surface area contributed by atoms with E-state index in [1.165, 1.54) is 45.6 Å². The number of carbonyl (C=O) groups excluding carboxylic acids is 1. The van der Waals surface area contributed by atoms with Gasteiger partial charge in [0.05, 0.1) is 13.0 Å². The molecule has 0 aromatic rings. The number of rotatable bonds is 9. The van der Waals surface area contributed by atoms with Gasteiger partial charge in [0.2, 0.25) is 0 Å². The van der Waals surface area contributed by atoms with Crippen molar-refractivity contribution >= 4 is 5.97 Å². The zero-order chi connectivity index (χ0) is 21.7. The number of esters is 1. The van der Waals surface area contributed by atoms with Crippen LogP contribution in [0, 0.1) is 17.3 Å². The minimum absolute atomic E-state index is 0.204. The van der Waals surface area contributed by atoms with Gasteiger partial charge in [0.15, 0.2) is 0 Å². The fourth-order valence-corrected chi connectivity index (χ4v) is 5.14.